The molecule has 2 aromatic rings. The fourth-order valence-corrected chi connectivity index (χ4v) is 4.98. The minimum Gasteiger partial charge on any atom is -0.354 e. The first-order valence-electron chi connectivity index (χ1n) is 9.38. The highest BCUT2D eigenvalue weighted by molar-refractivity contribution is 7.85. The Kier molecular flexibility index (Phi) is 6.61. The van der Waals surface area contributed by atoms with Crippen molar-refractivity contribution in [1.82, 2.24) is 15.6 Å². The lowest BCUT2D eigenvalue weighted by Crippen LogP contribution is -2.46. The topological polar surface area (TPSA) is 66.4 Å². The fourth-order valence-electron chi connectivity index (χ4n) is 3.63. The summed E-state index contributed by atoms with van der Waals surface area (Å²) < 4.78 is 12.1. The monoisotopic (exact) mass is 372 g/mol. The van der Waals surface area contributed by atoms with Crippen molar-refractivity contribution in [3.05, 3.63) is 42.1 Å². The van der Waals surface area contributed by atoms with Gasteiger partial charge in [-0.3, -0.25) is 14.2 Å². The standard InChI is InChI=1S/C20H28N4OS/c1-3-26(25)18-11-5-10-17(13-18)24-20(21-2)23-14-16-8-4-7-15-9-6-12-22-19(15)16/h4,6-9,12,17-18H,3,5,10-11,13-14H2,1-2H3,(H2,21,23,24). The van der Waals surface area contributed by atoms with Gasteiger partial charge in [-0.15, -0.1) is 0 Å². The van der Waals surface area contributed by atoms with Gasteiger partial charge in [-0.1, -0.05) is 37.6 Å². The molecule has 0 amide bonds. The zero-order valence-corrected chi connectivity index (χ0v) is 16.4. The molecule has 0 bridgehead atoms. The van der Waals surface area contributed by atoms with E-state index < -0.39 is 10.8 Å². The molecule has 1 aromatic carbocycles. The van der Waals surface area contributed by atoms with E-state index in [2.05, 4.69) is 44.9 Å². The van der Waals surface area contributed by atoms with Gasteiger partial charge >= 0.3 is 0 Å². The molecule has 0 saturated heterocycles. The van der Waals surface area contributed by atoms with E-state index in [4.69, 9.17) is 0 Å². The van der Waals surface area contributed by atoms with E-state index in [1.165, 1.54) is 0 Å². The summed E-state index contributed by atoms with van der Waals surface area (Å²) in [6.45, 7) is 2.68. The van der Waals surface area contributed by atoms with Crippen LogP contribution in [0.2, 0.25) is 0 Å². The number of aliphatic imine (C=N–C) groups is 1. The van der Waals surface area contributed by atoms with Crippen LogP contribution in [0.25, 0.3) is 10.9 Å². The van der Waals surface area contributed by atoms with Gasteiger partial charge in [0.2, 0.25) is 0 Å². The third-order valence-corrected chi connectivity index (χ3v) is 6.75. The molecule has 140 valence electrons. The summed E-state index contributed by atoms with van der Waals surface area (Å²) in [7, 11) is 1.08. The highest BCUT2D eigenvalue weighted by Crippen LogP contribution is 2.23. The van der Waals surface area contributed by atoms with Gasteiger partial charge < -0.3 is 10.6 Å². The summed E-state index contributed by atoms with van der Waals surface area (Å²) in [5, 5.41) is 8.38. The van der Waals surface area contributed by atoms with Crippen LogP contribution >= 0.6 is 0 Å². The van der Waals surface area contributed by atoms with Crippen molar-refractivity contribution in [2.24, 2.45) is 4.99 Å². The molecule has 1 heterocycles. The van der Waals surface area contributed by atoms with Crippen molar-refractivity contribution in [3.63, 3.8) is 0 Å². The molecular weight excluding hydrogens is 344 g/mol. The second-order valence-electron chi connectivity index (χ2n) is 6.72. The van der Waals surface area contributed by atoms with Crippen molar-refractivity contribution < 1.29 is 4.21 Å². The van der Waals surface area contributed by atoms with Crippen molar-refractivity contribution in [1.29, 1.82) is 0 Å². The minimum absolute atomic E-state index is 0.312. The Morgan fingerprint density at radius 3 is 2.96 bits per heavy atom. The predicted molar refractivity (Wildman–Crippen MR) is 110 cm³/mol. The van der Waals surface area contributed by atoms with Crippen LogP contribution in [0, 0.1) is 0 Å². The lowest BCUT2D eigenvalue weighted by molar-refractivity contribution is 0.413. The molecule has 3 rings (SSSR count). The number of para-hydroxylation sites is 1. The van der Waals surface area contributed by atoms with E-state index in [1.54, 1.807) is 7.05 Å². The molecule has 1 aromatic heterocycles. The number of pyridine rings is 1. The largest absolute Gasteiger partial charge is 0.354 e. The summed E-state index contributed by atoms with van der Waals surface area (Å²) in [6.07, 6.45) is 6.09. The summed E-state index contributed by atoms with van der Waals surface area (Å²) in [5.74, 6) is 1.55. The van der Waals surface area contributed by atoms with Crippen LogP contribution in [0.5, 0.6) is 0 Å². The molecule has 2 N–H and O–H groups in total. The van der Waals surface area contributed by atoms with Gasteiger partial charge in [0.25, 0.3) is 0 Å². The summed E-state index contributed by atoms with van der Waals surface area (Å²) in [6, 6.07) is 10.6. The number of fused-ring (bicyclic) bond motifs is 1. The highest BCUT2D eigenvalue weighted by atomic mass is 32.2. The number of benzene rings is 1. The minimum atomic E-state index is -0.709. The van der Waals surface area contributed by atoms with E-state index in [-0.39, 0.29) is 0 Å². The lowest BCUT2D eigenvalue weighted by atomic mass is 9.95. The van der Waals surface area contributed by atoms with Crippen LogP contribution < -0.4 is 10.6 Å². The zero-order chi connectivity index (χ0) is 18.4. The average Bonchev–Trinajstić information content (AvgIpc) is 2.70. The van der Waals surface area contributed by atoms with Crippen molar-refractivity contribution in [2.45, 2.75) is 50.4 Å². The zero-order valence-electron chi connectivity index (χ0n) is 15.6. The van der Waals surface area contributed by atoms with Crippen LogP contribution in [0.1, 0.15) is 38.2 Å². The Bertz CT molecular complexity index is 787. The quantitative estimate of drug-likeness (QED) is 0.625. The van der Waals surface area contributed by atoms with Crippen LogP contribution in [0.4, 0.5) is 0 Å². The predicted octanol–water partition coefficient (Wildman–Crippen LogP) is 2.98. The van der Waals surface area contributed by atoms with E-state index in [1.807, 2.05) is 19.2 Å². The lowest BCUT2D eigenvalue weighted by Gasteiger charge is -2.30. The Morgan fingerprint density at radius 2 is 2.15 bits per heavy atom. The van der Waals surface area contributed by atoms with E-state index in [9.17, 15) is 4.21 Å². The molecule has 6 heteroatoms. The van der Waals surface area contributed by atoms with Gasteiger partial charge in [-0.25, -0.2) is 0 Å². The van der Waals surface area contributed by atoms with Crippen LogP contribution in [0.15, 0.2) is 41.5 Å². The molecule has 3 unspecified atom stereocenters. The number of hydrogen-bond acceptors (Lipinski definition) is 3. The molecule has 0 aliphatic heterocycles. The normalized spacial score (nSPS) is 22.2. The number of nitrogens with zero attached hydrogens (tertiary/aromatic N) is 2. The molecule has 1 aliphatic rings. The van der Waals surface area contributed by atoms with Gasteiger partial charge in [-0.05, 0) is 30.9 Å². The first kappa shape index (κ1) is 18.8. The van der Waals surface area contributed by atoms with Gasteiger partial charge in [0.1, 0.15) is 0 Å². The number of rotatable bonds is 5. The Labute approximate surface area is 158 Å². The molecule has 0 spiro atoms. The second kappa shape index (κ2) is 9.12. The highest BCUT2D eigenvalue weighted by Gasteiger charge is 2.26. The van der Waals surface area contributed by atoms with Gasteiger partial charge in [0, 0.05) is 53.0 Å². The SMILES string of the molecule is CCS(=O)C1CCCC(NC(=NC)NCc2cccc3cccnc23)C1. The molecule has 26 heavy (non-hydrogen) atoms. The van der Waals surface area contributed by atoms with E-state index in [0.29, 0.717) is 17.8 Å². The maximum atomic E-state index is 12.1. The van der Waals surface area contributed by atoms with Crippen molar-refractivity contribution in [2.75, 3.05) is 12.8 Å². The maximum absolute atomic E-state index is 12.1. The number of nitrogens with one attached hydrogen (secondary N) is 2. The Hall–Kier alpha value is -1.95. The van der Waals surface area contributed by atoms with Crippen LogP contribution in [0.3, 0.4) is 0 Å². The van der Waals surface area contributed by atoms with Crippen LogP contribution in [-0.2, 0) is 17.3 Å². The number of guanidine groups is 1. The van der Waals surface area contributed by atoms with Gasteiger partial charge in [-0.2, -0.15) is 0 Å². The summed E-state index contributed by atoms with van der Waals surface area (Å²) >= 11 is 0. The molecule has 0 radical (unpaired) electrons. The molecular formula is C20H28N4OS. The van der Waals surface area contributed by atoms with Gasteiger partial charge in [0.15, 0.2) is 5.96 Å². The number of hydrogen-bond donors (Lipinski definition) is 2. The Balaban J connectivity index is 1.60. The van der Waals surface area contributed by atoms with Crippen molar-refractivity contribution >= 4 is 27.7 Å². The molecule has 1 fully saturated rings. The first-order valence-corrected chi connectivity index (χ1v) is 10.8. The third kappa shape index (κ3) is 4.61. The molecule has 1 aliphatic carbocycles. The third-order valence-electron chi connectivity index (χ3n) is 5.01. The molecule has 3 atom stereocenters. The first-order chi connectivity index (χ1) is 12.7. The van der Waals surface area contributed by atoms with Crippen molar-refractivity contribution in [3.8, 4) is 0 Å². The number of aromatic nitrogens is 1. The van der Waals surface area contributed by atoms with Gasteiger partial charge in [0.05, 0.1) is 5.52 Å². The molecule has 1 saturated carbocycles. The maximum Gasteiger partial charge on any atom is 0.191 e. The summed E-state index contributed by atoms with van der Waals surface area (Å²) in [5.41, 5.74) is 2.17. The molecule has 5 nitrogen and oxygen atoms in total. The van der Waals surface area contributed by atoms with E-state index >= 15 is 0 Å². The average molecular weight is 373 g/mol. The fraction of sp³-hybridized carbons (Fsp3) is 0.500. The van der Waals surface area contributed by atoms with Crippen LogP contribution in [-0.4, -0.2) is 39.2 Å². The Morgan fingerprint density at radius 1 is 1.31 bits per heavy atom. The smallest absolute Gasteiger partial charge is 0.191 e. The summed E-state index contributed by atoms with van der Waals surface area (Å²) in [4.78, 5) is 8.87. The van der Waals surface area contributed by atoms with E-state index in [0.717, 1.165) is 53.9 Å². The second-order valence-corrected chi connectivity index (χ2v) is 8.72.